The summed E-state index contributed by atoms with van der Waals surface area (Å²) in [7, 11) is 0. The van der Waals surface area contributed by atoms with E-state index in [2.05, 4.69) is 35.6 Å². The fourth-order valence-electron chi connectivity index (χ4n) is 3.30. The Morgan fingerprint density at radius 1 is 1.16 bits per heavy atom. The third-order valence-corrected chi connectivity index (χ3v) is 4.31. The van der Waals surface area contributed by atoms with Crippen molar-refractivity contribution in [2.75, 3.05) is 0 Å². The Hall–Kier alpha value is -1.45. The van der Waals surface area contributed by atoms with Crippen molar-refractivity contribution in [3.05, 3.63) is 42.1 Å². The van der Waals surface area contributed by atoms with E-state index in [-0.39, 0.29) is 0 Å². The number of nitrogens with zero attached hydrogens (tertiary/aromatic N) is 1. The standard InChI is InChI=1S/C16H18N2O/c1-2-4-14-11(3-1)5-6-12(18-14)10-17-15-9-13-7-8-16(15)19-13/h1-6,13,15-17H,7-10H2. The van der Waals surface area contributed by atoms with Crippen LogP contribution in [0, 0.1) is 0 Å². The number of pyridine rings is 1. The summed E-state index contributed by atoms with van der Waals surface area (Å²) in [6.07, 6.45) is 4.57. The Kier molecular flexibility index (Phi) is 2.75. The van der Waals surface area contributed by atoms with Crippen LogP contribution in [0.3, 0.4) is 0 Å². The van der Waals surface area contributed by atoms with Crippen LogP contribution in [0.1, 0.15) is 25.0 Å². The van der Waals surface area contributed by atoms with Gasteiger partial charge in [-0.25, -0.2) is 0 Å². The number of para-hydroxylation sites is 1. The lowest BCUT2D eigenvalue weighted by molar-refractivity contribution is 0.0972. The van der Waals surface area contributed by atoms with Crippen molar-refractivity contribution < 1.29 is 4.74 Å². The third-order valence-electron chi connectivity index (χ3n) is 4.31. The van der Waals surface area contributed by atoms with E-state index in [1.54, 1.807) is 0 Å². The highest BCUT2D eigenvalue weighted by Crippen LogP contribution is 2.34. The van der Waals surface area contributed by atoms with Crippen LogP contribution in [0.15, 0.2) is 36.4 Å². The summed E-state index contributed by atoms with van der Waals surface area (Å²) in [6, 6.07) is 13.0. The number of nitrogens with one attached hydrogen (secondary N) is 1. The zero-order valence-electron chi connectivity index (χ0n) is 10.9. The molecule has 98 valence electrons. The molecule has 3 heterocycles. The number of hydrogen-bond acceptors (Lipinski definition) is 3. The molecule has 3 heteroatoms. The molecule has 3 unspecified atom stereocenters. The highest BCUT2D eigenvalue weighted by molar-refractivity contribution is 5.78. The van der Waals surface area contributed by atoms with Gasteiger partial charge < -0.3 is 10.1 Å². The second-order valence-corrected chi connectivity index (χ2v) is 5.59. The lowest BCUT2D eigenvalue weighted by Crippen LogP contribution is -2.37. The van der Waals surface area contributed by atoms with Gasteiger partial charge in [-0.2, -0.15) is 0 Å². The predicted octanol–water partition coefficient (Wildman–Crippen LogP) is 2.64. The summed E-state index contributed by atoms with van der Waals surface area (Å²) < 4.78 is 5.86. The SMILES string of the molecule is c1ccc2nc(CNC3CC4CCC3O4)ccc2c1. The molecule has 19 heavy (non-hydrogen) atoms. The molecule has 1 aromatic carbocycles. The van der Waals surface area contributed by atoms with E-state index in [9.17, 15) is 0 Å². The van der Waals surface area contributed by atoms with Crippen molar-refractivity contribution in [3.63, 3.8) is 0 Å². The fourth-order valence-corrected chi connectivity index (χ4v) is 3.30. The minimum absolute atomic E-state index is 0.436. The Balaban J connectivity index is 1.46. The van der Waals surface area contributed by atoms with Crippen LogP contribution in [0.2, 0.25) is 0 Å². The van der Waals surface area contributed by atoms with Gasteiger partial charge in [0, 0.05) is 18.0 Å². The molecular weight excluding hydrogens is 236 g/mol. The van der Waals surface area contributed by atoms with Gasteiger partial charge in [0.25, 0.3) is 0 Å². The summed E-state index contributed by atoms with van der Waals surface area (Å²) in [5, 5.41) is 4.81. The molecule has 1 N–H and O–H groups in total. The highest BCUT2D eigenvalue weighted by atomic mass is 16.5. The predicted molar refractivity (Wildman–Crippen MR) is 74.9 cm³/mol. The van der Waals surface area contributed by atoms with Gasteiger partial charge in [-0.05, 0) is 31.4 Å². The van der Waals surface area contributed by atoms with E-state index in [0.29, 0.717) is 18.2 Å². The zero-order valence-corrected chi connectivity index (χ0v) is 10.9. The Morgan fingerprint density at radius 2 is 2.11 bits per heavy atom. The maximum atomic E-state index is 5.86. The van der Waals surface area contributed by atoms with Crippen molar-refractivity contribution in [1.29, 1.82) is 0 Å². The largest absolute Gasteiger partial charge is 0.373 e. The zero-order chi connectivity index (χ0) is 12.7. The van der Waals surface area contributed by atoms with Gasteiger partial charge in [0.15, 0.2) is 0 Å². The Labute approximate surface area is 113 Å². The lowest BCUT2D eigenvalue weighted by Gasteiger charge is -2.19. The summed E-state index contributed by atoms with van der Waals surface area (Å²) in [5.41, 5.74) is 2.19. The first-order valence-corrected chi connectivity index (χ1v) is 7.12. The second kappa shape index (κ2) is 4.58. The number of fused-ring (bicyclic) bond motifs is 3. The first-order chi connectivity index (χ1) is 9.38. The monoisotopic (exact) mass is 254 g/mol. The molecule has 0 aliphatic carbocycles. The van der Waals surface area contributed by atoms with Crippen molar-refractivity contribution in [1.82, 2.24) is 10.3 Å². The number of rotatable bonds is 3. The molecule has 0 saturated carbocycles. The minimum Gasteiger partial charge on any atom is -0.373 e. The maximum Gasteiger partial charge on any atom is 0.0733 e. The molecule has 1 aromatic heterocycles. The number of ether oxygens (including phenoxy) is 1. The molecule has 0 amide bonds. The third kappa shape index (κ3) is 2.13. The molecule has 2 fully saturated rings. The van der Waals surface area contributed by atoms with Gasteiger partial charge in [0.05, 0.1) is 23.4 Å². The van der Waals surface area contributed by atoms with Gasteiger partial charge in [-0.15, -0.1) is 0 Å². The van der Waals surface area contributed by atoms with Gasteiger partial charge in [0.2, 0.25) is 0 Å². The number of benzene rings is 1. The minimum atomic E-state index is 0.436. The van der Waals surface area contributed by atoms with Crippen molar-refractivity contribution in [2.45, 2.75) is 44.1 Å². The summed E-state index contributed by atoms with van der Waals surface area (Å²) in [5.74, 6) is 0. The van der Waals surface area contributed by atoms with Crippen LogP contribution in [0.5, 0.6) is 0 Å². The number of aromatic nitrogens is 1. The second-order valence-electron chi connectivity index (χ2n) is 5.59. The van der Waals surface area contributed by atoms with Crippen LogP contribution >= 0.6 is 0 Å². The summed E-state index contributed by atoms with van der Waals surface area (Å²) >= 11 is 0. The van der Waals surface area contributed by atoms with Crippen molar-refractivity contribution >= 4 is 10.9 Å². The molecule has 2 aliphatic heterocycles. The molecule has 2 saturated heterocycles. The normalized spacial score (nSPS) is 29.2. The van der Waals surface area contributed by atoms with Crippen LogP contribution in [-0.2, 0) is 11.3 Å². The van der Waals surface area contributed by atoms with Crippen molar-refractivity contribution in [3.8, 4) is 0 Å². The molecule has 3 atom stereocenters. The molecule has 2 aliphatic rings. The van der Waals surface area contributed by atoms with Gasteiger partial charge in [-0.1, -0.05) is 24.3 Å². The highest BCUT2D eigenvalue weighted by Gasteiger charge is 2.40. The van der Waals surface area contributed by atoms with Crippen LogP contribution < -0.4 is 5.32 Å². The maximum absolute atomic E-state index is 5.86. The average molecular weight is 254 g/mol. The van der Waals surface area contributed by atoms with E-state index in [0.717, 1.165) is 24.2 Å². The first kappa shape index (κ1) is 11.4. The first-order valence-electron chi connectivity index (χ1n) is 7.12. The molecule has 0 spiro atoms. The molecule has 2 bridgehead atoms. The van der Waals surface area contributed by atoms with E-state index in [1.807, 2.05) is 6.07 Å². The topological polar surface area (TPSA) is 34.2 Å². The number of hydrogen-bond donors (Lipinski definition) is 1. The van der Waals surface area contributed by atoms with Crippen molar-refractivity contribution in [2.24, 2.45) is 0 Å². The summed E-state index contributed by atoms with van der Waals surface area (Å²) in [6.45, 7) is 0.835. The molecule has 4 rings (SSSR count). The van der Waals surface area contributed by atoms with E-state index < -0.39 is 0 Å². The van der Waals surface area contributed by atoms with Crippen LogP contribution in [0.4, 0.5) is 0 Å². The average Bonchev–Trinajstić information content (AvgIpc) is 3.07. The molecule has 3 nitrogen and oxygen atoms in total. The van der Waals surface area contributed by atoms with Crippen LogP contribution in [-0.4, -0.2) is 23.2 Å². The molecule has 0 radical (unpaired) electrons. The van der Waals surface area contributed by atoms with E-state index in [1.165, 1.54) is 18.2 Å². The van der Waals surface area contributed by atoms with Crippen LogP contribution in [0.25, 0.3) is 10.9 Å². The molecular formula is C16H18N2O. The quantitative estimate of drug-likeness (QED) is 0.914. The van der Waals surface area contributed by atoms with E-state index in [4.69, 9.17) is 9.72 Å². The van der Waals surface area contributed by atoms with Gasteiger partial charge in [0.1, 0.15) is 0 Å². The fraction of sp³-hybridized carbons (Fsp3) is 0.438. The summed E-state index contributed by atoms with van der Waals surface area (Å²) in [4.78, 5) is 4.69. The Bertz CT molecular complexity index is 598. The van der Waals surface area contributed by atoms with Gasteiger partial charge in [-0.3, -0.25) is 4.98 Å². The lowest BCUT2D eigenvalue weighted by atomic mass is 9.95. The Morgan fingerprint density at radius 3 is 2.95 bits per heavy atom. The van der Waals surface area contributed by atoms with Gasteiger partial charge >= 0.3 is 0 Å². The molecule has 2 aromatic rings. The smallest absolute Gasteiger partial charge is 0.0733 e. The van der Waals surface area contributed by atoms with E-state index >= 15 is 0 Å².